The van der Waals surface area contributed by atoms with Crippen LogP contribution in [-0.2, 0) is 9.59 Å². The van der Waals surface area contributed by atoms with E-state index >= 15 is 0 Å². The van der Waals surface area contributed by atoms with Crippen LogP contribution in [0.3, 0.4) is 0 Å². The van der Waals surface area contributed by atoms with Crippen LogP contribution in [0.5, 0.6) is 0 Å². The van der Waals surface area contributed by atoms with Crippen molar-refractivity contribution < 1.29 is 14.7 Å². The minimum Gasteiger partial charge on any atom is -0.479 e. The van der Waals surface area contributed by atoms with Gasteiger partial charge in [-0.2, -0.15) is 0 Å². The van der Waals surface area contributed by atoms with Crippen molar-refractivity contribution in [3.05, 3.63) is 34.3 Å². The SMILES string of the molecule is O=C(O)C(NC(=O)C1C2C3CCC(C3)C12)c1ccc(Br)cc1. The summed E-state index contributed by atoms with van der Waals surface area (Å²) < 4.78 is 0.889. The monoisotopic (exact) mass is 363 g/mol. The van der Waals surface area contributed by atoms with Crippen LogP contribution in [0.4, 0.5) is 0 Å². The smallest absolute Gasteiger partial charge is 0.330 e. The first-order valence-corrected chi connectivity index (χ1v) is 8.64. The molecule has 1 aromatic rings. The van der Waals surface area contributed by atoms with Crippen LogP contribution in [0.25, 0.3) is 0 Å². The molecular formula is C17H18BrNO3. The minimum absolute atomic E-state index is 0.0588. The zero-order valence-corrected chi connectivity index (χ0v) is 13.6. The first-order chi connectivity index (χ1) is 10.6. The van der Waals surface area contributed by atoms with Gasteiger partial charge in [0.2, 0.25) is 5.91 Å². The summed E-state index contributed by atoms with van der Waals surface area (Å²) in [4.78, 5) is 24.0. The van der Waals surface area contributed by atoms with Gasteiger partial charge in [-0.1, -0.05) is 28.1 Å². The Morgan fingerprint density at radius 1 is 1.14 bits per heavy atom. The van der Waals surface area contributed by atoms with Crippen molar-refractivity contribution in [2.75, 3.05) is 0 Å². The zero-order chi connectivity index (χ0) is 15.4. The van der Waals surface area contributed by atoms with Crippen LogP contribution in [0.1, 0.15) is 30.9 Å². The number of hydrogen-bond donors (Lipinski definition) is 2. The Hall–Kier alpha value is -1.36. The first-order valence-electron chi connectivity index (χ1n) is 7.85. The van der Waals surface area contributed by atoms with Crippen LogP contribution in [-0.4, -0.2) is 17.0 Å². The molecule has 0 saturated heterocycles. The average Bonchev–Trinajstić information content (AvgIpc) is 2.94. The van der Waals surface area contributed by atoms with Gasteiger partial charge in [0.05, 0.1) is 0 Å². The van der Waals surface area contributed by atoms with Crippen LogP contribution in [0.2, 0.25) is 0 Å². The molecule has 4 rings (SSSR count). The topological polar surface area (TPSA) is 66.4 Å². The maximum atomic E-state index is 12.5. The molecule has 2 N–H and O–H groups in total. The van der Waals surface area contributed by atoms with Crippen LogP contribution < -0.4 is 5.32 Å². The molecule has 5 atom stereocenters. The Balaban J connectivity index is 1.47. The highest BCUT2D eigenvalue weighted by molar-refractivity contribution is 9.10. The van der Waals surface area contributed by atoms with Crippen molar-refractivity contribution in [2.45, 2.75) is 25.3 Å². The fourth-order valence-electron chi connectivity index (χ4n) is 4.86. The van der Waals surface area contributed by atoms with Gasteiger partial charge in [0.1, 0.15) is 0 Å². The molecular weight excluding hydrogens is 346 g/mol. The van der Waals surface area contributed by atoms with Crippen molar-refractivity contribution in [3.8, 4) is 0 Å². The lowest BCUT2D eigenvalue weighted by molar-refractivity contribution is -0.142. The van der Waals surface area contributed by atoms with E-state index in [1.54, 1.807) is 24.3 Å². The summed E-state index contributed by atoms with van der Waals surface area (Å²) in [5.41, 5.74) is 0.609. The molecule has 0 aliphatic heterocycles. The van der Waals surface area contributed by atoms with Crippen LogP contribution >= 0.6 is 15.9 Å². The first kappa shape index (κ1) is 14.2. The molecule has 0 spiro atoms. The molecule has 1 aromatic carbocycles. The maximum absolute atomic E-state index is 12.5. The van der Waals surface area contributed by atoms with E-state index in [1.165, 1.54) is 19.3 Å². The van der Waals surface area contributed by atoms with Crippen molar-refractivity contribution in [2.24, 2.45) is 29.6 Å². The number of carbonyl (C=O) groups excluding carboxylic acids is 1. The van der Waals surface area contributed by atoms with Crippen LogP contribution in [0, 0.1) is 29.6 Å². The van der Waals surface area contributed by atoms with E-state index < -0.39 is 12.0 Å². The van der Waals surface area contributed by atoms with Crippen molar-refractivity contribution in [3.63, 3.8) is 0 Å². The Morgan fingerprint density at radius 2 is 1.73 bits per heavy atom. The third-order valence-corrected chi connectivity index (χ3v) is 6.30. The molecule has 116 valence electrons. The van der Waals surface area contributed by atoms with E-state index in [2.05, 4.69) is 21.2 Å². The van der Waals surface area contributed by atoms with E-state index in [1.807, 2.05) is 0 Å². The molecule has 22 heavy (non-hydrogen) atoms. The van der Waals surface area contributed by atoms with Gasteiger partial charge in [0, 0.05) is 10.4 Å². The number of nitrogens with one attached hydrogen (secondary N) is 1. The highest BCUT2D eigenvalue weighted by atomic mass is 79.9. The molecule has 3 saturated carbocycles. The number of carboxylic acid groups (broad SMARTS) is 1. The standard InChI is InChI=1S/C17H18BrNO3/c18-11-5-3-8(4-6-11)15(17(21)22)19-16(20)14-12-9-1-2-10(7-9)13(12)14/h3-6,9-10,12-15H,1-2,7H2,(H,19,20)(H,21,22). The Labute approximate surface area is 137 Å². The van der Waals surface area contributed by atoms with Crippen molar-refractivity contribution in [1.82, 2.24) is 5.32 Å². The highest BCUT2D eigenvalue weighted by Gasteiger charge is 2.67. The predicted octanol–water partition coefficient (Wildman–Crippen LogP) is 2.98. The van der Waals surface area contributed by atoms with E-state index in [-0.39, 0.29) is 11.8 Å². The van der Waals surface area contributed by atoms with Gasteiger partial charge in [0.15, 0.2) is 6.04 Å². The zero-order valence-electron chi connectivity index (χ0n) is 12.0. The molecule has 3 aliphatic carbocycles. The normalized spacial score (nSPS) is 35.8. The number of aliphatic carboxylic acids is 1. The maximum Gasteiger partial charge on any atom is 0.330 e. The van der Waals surface area contributed by atoms with Gasteiger partial charge < -0.3 is 10.4 Å². The van der Waals surface area contributed by atoms with Crippen molar-refractivity contribution in [1.29, 1.82) is 0 Å². The summed E-state index contributed by atoms with van der Waals surface area (Å²) >= 11 is 3.33. The second-order valence-corrected chi connectivity index (χ2v) is 7.76. The summed E-state index contributed by atoms with van der Waals surface area (Å²) in [6, 6.07) is 6.10. The summed E-state index contributed by atoms with van der Waals surface area (Å²) in [5.74, 6) is 1.45. The third-order valence-electron chi connectivity index (χ3n) is 5.77. The second kappa shape index (κ2) is 5.08. The van der Waals surface area contributed by atoms with Gasteiger partial charge in [0.25, 0.3) is 0 Å². The number of amides is 1. The van der Waals surface area contributed by atoms with E-state index in [0.717, 1.165) is 4.47 Å². The Bertz CT molecular complexity index is 613. The van der Waals surface area contributed by atoms with E-state index in [0.29, 0.717) is 29.2 Å². The largest absolute Gasteiger partial charge is 0.479 e. The molecule has 0 aromatic heterocycles. The van der Waals surface area contributed by atoms with Crippen LogP contribution in [0.15, 0.2) is 28.7 Å². The van der Waals surface area contributed by atoms with E-state index in [9.17, 15) is 14.7 Å². The fourth-order valence-corrected chi connectivity index (χ4v) is 5.12. The number of benzene rings is 1. The lowest BCUT2D eigenvalue weighted by Gasteiger charge is -2.16. The van der Waals surface area contributed by atoms with Gasteiger partial charge in [-0.25, -0.2) is 4.79 Å². The molecule has 0 heterocycles. The number of fused-ring (bicyclic) bond motifs is 5. The second-order valence-electron chi connectivity index (χ2n) is 6.85. The molecule has 0 radical (unpaired) electrons. The number of carbonyl (C=O) groups is 2. The molecule has 4 nitrogen and oxygen atoms in total. The van der Waals surface area contributed by atoms with Gasteiger partial charge in [-0.3, -0.25) is 4.79 Å². The molecule has 1 amide bonds. The van der Waals surface area contributed by atoms with Gasteiger partial charge >= 0.3 is 5.97 Å². The lowest BCUT2D eigenvalue weighted by atomic mass is 10.0. The molecule has 3 fully saturated rings. The summed E-state index contributed by atoms with van der Waals surface area (Å²) in [7, 11) is 0. The Morgan fingerprint density at radius 3 is 2.27 bits per heavy atom. The molecule has 5 unspecified atom stereocenters. The molecule has 2 bridgehead atoms. The average molecular weight is 364 g/mol. The minimum atomic E-state index is -1.01. The predicted molar refractivity (Wildman–Crippen MR) is 84.0 cm³/mol. The number of halogens is 1. The number of hydrogen-bond acceptors (Lipinski definition) is 2. The lowest BCUT2D eigenvalue weighted by Crippen LogP contribution is -2.36. The summed E-state index contributed by atoms with van der Waals surface area (Å²) in [5, 5.41) is 12.2. The molecule has 5 heteroatoms. The van der Waals surface area contributed by atoms with Gasteiger partial charge in [-0.05, 0) is 60.6 Å². The van der Waals surface area contributed by atoms with E-state index in [4.69, 9.17) is 0 Å². The number of carboxylic acids is 1. The molecule has 3 aliphatic rings. The third kappa shape index (κ3) is 2.18. The highest BCUT2D eigenvalue weighted by Crippen LogP contribution is 2.69. The van der Waals surface area contributed by atoms with Crippen molar-refractivity contribution >= 4 is 27.8 Å². The quantitative estimate of drug-likeness (QED) is 0.863. The Kier molecular flexibility index (Phi) is 3.29. The summed E-state index contributed by atoms with van der Waals surface area (Å²) in [6.45, 7) is 0. The van der Waals surface area contributed by atoms with Gasteiger partial charge in [-0.15, -0.1) is 0 Å². The summed E-state index contributed by atoms with van der Waals surface area (Å²) in [6.07, 6.45) is 3.80. The number of rotatable bonds is 4. The fraction of sp³-hybridized carbons (Fsp3) is 0.529.